The number of unbranched alkanes of at least 4 members (excludes halogenated alkanes) is 1. The number of aryl methyl sites for hydroxylation is 1. The van der Waals surface area contributed by atoms with E-state index in [1.165, 1.54) is 0 Å². The van der Waals surface area contributed by atoms with Gasteiger partial charge in [-0.25, -0.2) is 4.98 Å². The Balaban J connectivity index is 0.00000392. The average Bonchev–Trinajstić information content (AvgIpc) is 3.11. The second-order valence-electron chi connectivity index (χ2n) is 6.31. The van der Waals surface area contributed by atoms with Gasteiger partial charge < -0.3 is 25.1 Å². The molecule has 0 bridgehead atoms. The molecule has 7 nitrogen and oxygen atoms in total. The van der Waals surface area contributed by atoms with Gasteiger partial charge in [-0.1, -0.05) is 25.5 Å². The lowest BCUT2D eigenvalue weighted by Crippen LogP contribution is -2.39. The summed E-state index contributed by atoms with van der Waals surface area (Å²) in [4.78, 5) is 12.2. The predicted molar refractivity (Wildman–Crippen MR) is 126 cm³/mol. The molecule has 28 heavy (non-hydrogen) atoms. The van der Waals surface area contributed by atoms with E-state index in [9.17, 15) is 0 Å². The van der Waals surface area contributed by atoms with Crippen molar-refractivity contribution in [1.29, 1.82) is 0 Å². The van der Waals surface area contributed by atoms with Crippen molar-refractivity contribution in [2.24, 2.45) is 4.99 Å². The third-order valence-corrected chi connectivity index (χ3v) is 4.10. The van der Waals surface area contributed by atoms with E-state index in [0.29, 0.717) is 19.8 Å². The summed E-state index contributed by atoms with van der Waals surface area (Å²) in [5, 5.41) is 6.57. The summed E-state index contributed by atoms with van der Waals surface area (Å²) >= 11 is 0. The maximum Gasteiger partial charge on any atom is 0.191 e. The molecule has 1 aromatic heterocycles. The number of ether oxygens (including phenoxy) is 2. The molecule has 0 aliphatic carbocycles. The van der Waals surface area contributed by atoms with Gasteiger partial charge in [-0.05, 0) is 25.0 Å². The zero-order chi connectivity index (χ0) is 19.2. The van der Waals surface area contributed by atoms with E-state index in [1.54, 1.807) is 7.05 Å². The number of halogens is 1. The van der Waals surface area contributed by atoms with Crippen molar-refractivity contribution in [3.8, 4) is 0 Å². The fourth-order valence-electron chi connectivity index (χ4n) is 2.62. The number of imidazole rings is 1. The Morgan fingerprint density at radius 3 is 2.54 bits per heavy atom. The lowest BCUT2D eigenvalue weighted by molar-refractivity contribution is 0.0487. The van der Waals surface area contributed by atoms with Crippen molar-refractivity contribution in [1.82, 2.24) is 20.6 Å². The molecule has 0 atom stereocenters. The Hall–Kier alpha value is -1.39. The highest BCUT2D eigenvalue weighted by molar-refractivity contribution is 14.0. The minimum Gasteiger partial charge on any atom is -0.379 e. The number of aromatic nitrogens is 2. The monoisotopic (exact) mass is 503 g/mol. The molecule has 0 radical (unpaired) electrons. The molecule has 0 aliphatic heterocycles. The molecule has 0 spiro atoms. The smallest absolute Gasteiger partial charge is 0.191 e. The number of aromatic amines is 1. The number of para-hydroxylation sites is 2. The first kappa shape index (κ1) is 24.6. The number of hydrogen-bond donors (Lipinski definition) is 3. The van der Waals surface area contributed by atoms with Gasteiger partial charge in [-0.15, -0.1) is 24.0 Å². The van der Waals surface area contributed by atoms with E-state index in [4.69, 9.17) is 9.47 Å². The Kier molecular flexibility index (Phi) is 13.7. The second kappa shape index (κ2) is 15.5. The highest BCUT2D eigenvalue weighted by Gasteiger charge is 2.02. The summed E-state index contributed by atoms with van der Waals surface area (Å²) in [5.41, 5.74) is 2.11. The van der Waals surface area contributed by atoms with E-state index < -0.39 is 0 Å². The molecule has 0 saturated carbocycles. The summed E-state index contributed by atoms with van der Waals surface area (Å²) in [6, 6.07) is 8.10. The number of H-pyrrole nitrogens is 1. The lowest BCUT2D eigenvalue weighted by Gasteiger charge is -2.12. The number of fused-ring (bicyclic) bond motifs is 1. The van der Waals surface area contributed by atoms with E-state index in [0.717, 1.165) is 68.2 Å². The predicted octanol–water partition coefficient (Wildman–Crippen LogP) is 3.11. The fraction of sp³-hybridized carbons (Fsp3) is 0.600. The SMILES string of the molecule is CCCCOCCOCCNC(=NC)NCCCc1nc2ccccc2[nH]1.I. The minimum absolute atomic E-state index is 0. The molecule has 0 unspecified atom stereocenters. The third-order valence-electron chi connectivity index (χ3n) is 4.10. The standard InChI is InChI=1S/C20H33N5O2.HI/c1-3-4-13-26-15-16-27-14-12-23-20(21-2)22-11-7-10-19-24-17-8-5-6-9-18(17)25-19;/h5-6,8-9H,3-4,7,10-16H2,1-2H3,(H,24,25)(H2,21,22,23);1H. The lowest BCUT2D eigenvalue weighted by atomic mass is 10.3. The summed E-state index contributed by atoms with van der Waals surface area (Å²) < 4.78 is 11.0. The Labute approximate surface area is 185 Å². The van der Waals surface area contributed by atoms with E-state index >= 15 is 0 Å². The number of guanidine groups is 1. The average molecular weight is 503 g/mol. The molecule has 1 heterocycles. The number of aliphatic imine (C=N–C) groups is 1. The van der Waals surface area contributed by atoms with Crippen LogP contribution in [0, 0.1) is 0 Å². The van der Waals surface area contributed by atoms with Crippen LogP contribution in [-0.4, -0.2) is 62.5 Å². The van der Waals surface area contributed by atoms with Crippen LogP contribution in [0.25, 0.3) is 11.0 Å². The Morgan fingerprint density at radius 2 is 1.79 bits per heavy atom. The van der Waals surface area contributed by atoms with Crippen molar-refractivity contribution in [2.45, 2.75) is 32.6 Å². The van der Waals surface area contributed by atoms with Gasteiger partial charge in [-0.3, -0.25) is 4.99 Å². The van der Waals surface area contributed by atoms with Crippen LogP contribution in [0.1, 0.15) is 32.0 Å². The van der Waals surface area contributed by atoms with Crippen LogP contribution >= 0.6 is 24.0 Å². The van der Waals surface area contributed by atoms with Gasteiger partial charge in [0.15, 0.2) is 5.96 Å². The first-order chi connectivity index (χ1) is 13.3. The maximum absolute atomic E-state index is 5.54. The minimum atomic E-state index is 0. The fourth-order valence-corrected chi connectivity index (χ4v) is 2.62. The molecule has 1 aromatic carbocycles. The second-order valence-corrected chi connectivity index (χ2v) is 6.31. The number of nitrogens with one attached hydrogen (secondary N) is 3. The summed E-state index contributed by atoms with van der Waals surface area (Å²) in [5.74, 6) is 1.82. The molecule has 0 saturated heterocycles. The molecule has 3 N–H and O–H groups in total. The number of rotatable bonds is 13. The largest absolute Gasteiger partial charge is 0.379 e. The number of hydrogen-bond acceptors (Lipinski definition) is 4. The van der Waals surface area contributed by atoms with Crippen molar-refractivity contribution in [3.63, 3.8) is 0 Å². The molecule has 0 amide bonds. The van der Waals surface area contributed by atoms with Crippen LogP contribution in [0.2, 0.25) is 0 Å². The zero-order valence-electron chi connectivity index (χ0n) is 17.0. The molecule has 2 rings (SSSR count). The quantitative estimate of drug-likeness (QED) is 0.169. The van der Waals surface area contributed by atoms with Crippen LogP contribution in [0.15, 0.2) is 29.3 Å². The number of benzene rings is 1. The number of nitrogens with zero attached hydrogens (tertiary/aromatic N) is 2. The van der Waals surface area contributed by atoms with Gasteiger partial charge in [-0.2, -0.15) is 0 Å². The van der Waals surface area contributed by atoms with Crippen molar-refractivity contribution < 1.29 is 9.47 Å². The maximum atomic E-state index is 5.54. The zero-order valence-corrected chi connectivity index (χ0v) is 19.3. The van der Waals surface area contributed by atoms with Crippen LogP contribution < -0.4 is 10.6 Å². The van der Waals surface area contributed by atoms with Crippen LogP contribution in [0.5, 0.6) is 0 Å². The summed E-state index contributed by atoms with van der Waals surface area (Å²) in [6.07, 6.45) is 4.15. The normalized spacial score (nSPS) is 11.4. The Bertz CT molecular complexity index is 644. The molecule has 2 aromatic rings. The van der Waals surface area contributed by atoms with Crippen molar-refractivity contribution in [2.75, 3.05) is 46.6 Å². The van der Waals surface area contributed by atoms with Gasteiger partial charge in [0.1, 0.15) is 5.82 Å². The van der Waals surface area contributed by atoms with E-state index in [2.05, 4.69) is 38.6 Å². The molecule has 0 aliphatic rings. The molecule has 8 heteroatoms. The van der Waals surface area contributed by atoms with Gasteiger partial charge >= 0.3 is 0 Å². The molecular weight excluding hydrogens is 469 g/mol. The van der Waals surface area contributed by atoms with Crippen LogP contribution in [-0.2, 0) is 15.9 Å². The highest BCUT2D eigenvalue weighted by atomic mass is 127. The van der Waals surface area contributed by atoms with Crippen molar-refractivity contribution >= 4 is 41.0 Å². The summed E-state index contributed by atoms with van der Waals surface area (Å²) in [7, 11) is 1.77. The third kappa shape index (κ3) is 9.70. The highest BCUT2D eigenvalue weighted by Crippen LogP contribution is 2.10. The Morgan fingerprint density at radius 1 is 1.04 bits per heavy atom. The topological polar surface area (TPSA) is 83.6 Å². The van der Waals surface area contributed by atoms with Gasteiger partial charge in [0.2, 0.25) is 0 Å². The van der Waals surface area contributed by atoms with E-state index in [1.807, 2.05) is 18.2 Å². The summed E-state index contributed by atoms with van der Waals surface area (Å²) in [6.45, 7) is 6.47. The molecule has 158 valence electrons. The van der Waals surface area contributed by atoms with Gasteiger partial charge in [0.05, 0.1) is 30.9 Å². The first-order valence-electron chi connectivity index (χ1n) is 9.87. The molecule has 0 fully saturated rings. The van der Waals surface area contributed by atoms with Crippen LogP contribution in [0.4, 0.5) is 0 Å². The van der Waals surface area contributed by atoms with E-state index in [-0.39, 0.29) is 24.0 Å². The van der Waals surface area contributed by atoms with Crippen LogP contribution in [0.3, 0.4) is 0 Å². The van der Waals surface area contributed by atoms with Gasteiger partial charge in [0, 0.05) is 33.2 Å². The first-order valence-corrected chi connectivity index (χ1v) is 9.87. The van der Waals surface area contributed by atoms with Crippen molar-refractivity contribution in [3.05, 3.63) is 30.1 Å². The molecular formula is C20H34IN5O2. The van der Waals surface area contributed by atoms with Gasteiger partial charge in [0.25, 0.3) is 0 Å².